The number of hydrogen-bond acceptors (Lipinski definition) is 4. The van der Waals surface area contributed by atoms with Gasteiger partial charge in [-0.15, -0.1) is 11.3 Å². The summed E-state index contributed by atoms with van der Waals surface area (Å²) in [5, 5.41) is 3.60. The van der Waals surface area contributed by atoms with Crippen LogP contribution in [0.4, 0.5) is 8.78 Å². The maximum atomic E-state index is 14.1. The number of fused-ring (bicyclic) bond motifs is 1. The van der Waals surface area contributed by atoms with Gasteiger partial charge in [-0.05, 0) is 35.9 Å². The Kier molecular flexibility index (Phi) is 4.54. The maximum absolute atomic E-state index is 14.1. The average Bonchev–Trinajstić information content (AvgIpc) is 3.10. The van der Waals surface area contributed by atoms with Crippen molar-refractivity contribution in [3.05, 3.63) is 65.0 Å². The Bertz CT molecular complexity index is 903. The molecular weight excluding hydrogens is 334 g/mol. The molecule has 23 heavy (non-hydrogen) atoms. The molecule has 0 atom stereocenters. The zero-order valence-corrected chi connectivity index (χ0v) is 13.8. The van der Waals surface area contributed by atoms with Gasteiger partial charge in [-0.2, -0.15) is 0 Å². The number of aromatic nitrogens is 2. The highest BCUT2D eigenvalue weighted by molar-refractivity contribution is 8.10. The van der Waals surface area contributed by atoms with Gasteiger partial charge >= 0.3 is 0 Å². The minimum atomic E-state index is -0.979. The summed E-state index contributed by atoms with van der Waals surface area (Å²) in [6, 6.07) is 6.35. The van der Waals surface area contributed by atoms with Crippen LogP contribution < -0.4 is 0 Å². The summed E-state index contributed by atoms with van der Waals surface area (Å²) in [5.74, 6) is -1.91. The third-order valence-corrected chi connectivity index (χ3v) is 4.91. The minimum Gasteiger partial charge on any atom is -0.243 e. The summed E-state index contributed by atoms with van der Waals surface area (Å²) < 4.78 is 27.6. The fourth-order valence-corrected chi connectivity index (χ4v) is 3.46. The molecule has 0 fully saturated rings. The van der Waals surface area contributed by atoms with Crippen molar-refractivity contribution in [3.63, 3.8) is 0 Å². The second kappa shape index (κ2) is 6.60. The first-order valence-corrected chi connectivity index (χ1v) is 8.55. The van der Waals surface area contributed by atoms with E-state index in [1.807, 2.05) is 30.5 Å². The molecule has 0 radical (unpaired) electrons. The van der Waals surface area contributed by atoms with E-state index in [1.165, 1.54) is 29.2 Å². The Morgan fingerprint density at radius 1 is 1.26 bits per heavy atom. The molecule has 0 unspecified atom stereocenters. The first kappa shape index (κ1) is 15.8. The minimum absolute atomic E-state index is 0.0654. The number of thiophene rings is 1. The summed E-state index contributed by atoms with van der Waals surface area (Å²) in [4.78, 5) is 10.6. The van der Waals surface area contributed by atoms with Crippen molar-refractivity contribution >= 4 is 39.0 Å². The van der Waals surface area contributed by atoms with Crippen molar-refractivity contribution < 1.29 is 8.78 Å². The van der Waals surface area contributed by atoms with Crippen molar-refractivity contribution in [2.75, 3.05) is 0 Å². The molecule has 1 aromatic carbocycles. The lowest BCUT2D eigenvalue weighted by Crippen LogP contribution is -1.99. The van der Waals surface area contributed by atoms with Crippen LogP contribution in [0.2, 0.25) is 0 Å². The molecule has 2 nitrogen and oxygen atoms in total. The monoisotopic (exact) mass is 346 g/mol. The molecule has 2 aromatic heterocycles. The first-order chi connectivity index (χ1) is 11.2. The fourth-order valence-electron chi connectivity index (χ4n) is 2.17. The van der Waals surface area contributed by atoms with Crippen LogP contribution in [0.5, 0.6) is 0 Å². The van der Waals surface area contributed by atoms with E-state index in [0.29, 0.717) is 16.9 Å². The van der Waals surface area contributed by atoms with E-state index in [0.717, 1.165) is 15.8 Å². The lowest BCUT2D eigenvalue weighted by molar-refractivity contribution is 0.515. The molecule has 0 N–H and O–H groups in total. The third-order valence-electron chi connectivity index (χ3n) is 3.19. The van der Waals surface area contributed by atoms with Crippen LogP contribution in [0.25, 0.3) is 26.5 Å². The van der Waals surface area contributed by atoms with Crippen molar-refractivity contribution in [1.82, 2.24) is 9.97 Å². The van der Waals surface area contributed by atoms with E-state index in [-0.39, 0.29) is 5.52 Å². The number of nitrogens with zero attached hydrogens (tertiary/aromatic N) is 2. The van der Waals surface area contributed by atoms with Gasteiger partial charge in [-0.1, -0.05) is 30.5 Å². The Balaban J connectivity index is 2.35. The van der Waals surface area contributed by atoms with E-state index < -0.39 is 11.6 Å². The van der Waals surface area contributed by atoms with Gasteiger partial charge in [-0.3, -0.25) is 0 Å². The largest absolute Gasteiger partial charge is 0.243 e. The number of hydrogen-bond donors (Lipinski definition) is 0. The Morgan fingerprint density at radius 3 is 2.74 bits per heavy atom. The Morgan fingerprint density at radius 2 is 2.09 bits per heavy atom. The molecule has 0 aliphatic heterocycles. The maximum Gasteiger partial charge on any atom is 0.186 e. The summed E-state index contributed by atoms with van der Waals surface area (Å²) in [7, 11) is 0. The van der Waals surface area contributed by atoms with Crippen LogP contribution in [0, 0.1) is 11.6 Å². The van der Waals surface area contributed by atoms with Gasteiger partial charge in [-0.25, -0.2) is 18.7 Å². The summed E-state index contributed by atoms with van der Waals surface area (Å²) >= 11 is 2.89. The van der Waals surface area contributed by atoms with E-state index in [2.05, 4.69) is 16.5 Å². The number of benzene rings is 1. The predicted molar refractivity (Wildman–Crippen MR) is 94.2 cm³/mol. The zero-order chi connectivity index (χ0) is 16.4. The van der Waals surface area contributed by atoms with Crippen LogP contribution >= 0.6 is 23.1 Å². The topological polar surface area (TPSA) is 25.8 Å². The lowest BCUT2D eigenvalue weighted by Gasteiger charge is -2.11. The van der Waals surface area contributed by atoms with E-state index in [9.17, 15) is 8.78 Å². The average molecular weight is 346 g/mol. The van der Waals surface area contributed by atoms with Crippen molar-refractivity contribution in [2.45, 2.75) is 6.92 Å². The molecule has 0 saturated carbocycles. The molecule has 0 aliphatic rings. The number of allylic oxidation sites excluding steroid dienone is 1. The van der Waals surface area contributed by atoms with Gasteiger partial charge in [0.05, 0.1) is 10.4 Å². The van der Waals surface area contributed by atoms with Crippen molar-refractivity contribution in [2.24, 2.45) is 0 Å². The fraction of sp³-hybridized carbons (Fsp3) is 0.0588. The molecule has 6 heteroatoms. The third kappa shape index (κ3) is 2.92. The van der Waals surface area contributed by atoms with Crippen LogP contribution in [0.1, 0.15) is 12.6 Å². The number of rotatable bonds is 4. The van der Waals surface area contributed by atoms with Gasteiger partial charge in [0.2, 0.25) is 0 Å². The van der Waals surface area contributed by atoms with E-state index in [1.54, 1.807) is 5.41 Å². The van der Waals surface area contributed by atoms with Crippen LogP contribution in [0.3, 0.4) is 0 Å². The van der Waals surface area contributed by atoms with Gasteiger partial charge in [0.25, 0.3) is 0 Å². The van der Waals surface area contributed by atoms with Crippen molar-refractivity contribution in [1.29, 1.82) is 0 Å². The van der Waals surface area contributed by atoms with Gasteiger partial charge in [0.15, 0.2) is 11.6 Å². The summed E-state index contributed by atoms with van der Waals surface area (Å²) in [6.45, 7) is 5.56. The lowest BCUT2D eigenvalue weighted by atomic mass is 10.2. The van der Waals surface area contributed by atoms with Gasteiger partial charge < -0.3 is 0 Å². The predicted octanol–water partition coefficient (Wildman–Crippen LogP) is 5.87. The SMILES string of the molecule is C=CS/C(=C\C)c1nc2c(F)c(F)ccc2nc1-c1cccs1. The van der Waals surface area contributed by atoms with Gasteiger partial charge in [0, 0.05) is 4.91 Å². The standard InChI is InChI=1S/C17H12F2N2S2/c1-3-12(22-4-2)16-17(13-6-5-9-23-13)20-11-8-7-10(18)14(19)15(11)21-16/h3-9H,2H2,1H3/b12-3-. The molecule has 0 aliphatic carbocycles. The number of thioether (sulfide) groups is 1. The molecular formula is C17H12F2N2S2. The molecule has 0 bridgehead atoms. The second-order valence-electron chi connectivity index (χ2n) is 4.56. The van der Waals surface area contributed by atoms with Crippen LogP contribution in [0.15, 0.2) is 47.7 Å². The smallest absolute Gasteiger partial charge is 0.186 e. The normalized spacial score (nSPS) is 11.9. The highest BCUT2D eigenvalue weighted by Crippen LogP contribution is 2.36. The first-order valence-electron chi connectivity index (χ1n) is 6.79. The van der Waals surface area contributed by atoms with Crippen LogP contribution in [-0.4, -0.2) is 9.97 Å². The highest BCUT2D eigenvalue weighted by atomic mass is 32.2. The second-order valence-corrected chi connectivity index (χ2v) is 6.52. The van der Waals surface area contributed by atoms with Crippen molar-refractivity contribution in [3.8, 4) is 10.6 Å². The summed E-state index contributed by atoms with van der Waals surface area (Å²) in [6.07, 6.45) is 1.86. The highest BCUT2D eigenvalue weighted by Gasteiger charge is 2.18. The Labute approximate surface area is 140 Å². The number of halogens is 2. The molecule has 0 amide bonds. The molecule has 0 spiro atoms. The molecule has 2 heterocycles. The van der Waals surface area contributed by atoms with Gasteiger partial charge in [0.1, 0.15) is 16.9 Å². The summed E-state index contributed by atoms with van der Waals surface area (Å²) in [5.41, 5.74) is 1.44. The zero-order valence-electron chi connectivity index (χ0n) is 12.2. The molecule has 3 aromatic rings. The molecule has 0 saturated heterocycles. The Hall–Kier alpha value is -2.05. The molecule has 3 rings (SSSR count). The van der Waals surface area contributed by atoms with Crippen LogP contribution in [-0.2, 0) is 0 Å². The van der Waals surface area contributed by atoms with E-state index >= 15 is 0 Å². The molecule has 116 valence electrons. The van der Waals surface area contributed by atoms with E-state index in [4.69, 9.17) is 0 Å². The quantitative estimate of drug-likeness (QED) is 0.590.